The van der Waals surface area contributed by atoms with E-state index in [9.17, 15) is 4.79 Å². The van der Waals surface area contributed by atoms with Crippen molar-refractivity contribution in [2.24, 2.45) is 0 Å². The number of carbonyl (C=O) groups excluding carboxylic acids is 1. The normalized spacial score (nSPS) is 9.61. The Hall–Kier alpha value is -2.09. The zero-order valence-corrected chi connectivity index (χ0v) is 10.8. The van der Waals surface area contributed by atoms with Gasteiger partial charge >= 0.3 is 0 Å². The standard InChI is InChI=1S/C13H18N4O/c1-3-8-15-13(18)11-5-6-12(16-10-11)17(2)9-4-7-14/h5-6,10H,3-4,8-9H2,1-2H3,(H,15,18). The molecule has 18 heavy (non-hydrogen) atoms. The number of hydrogen-bond acceptors (Lipinski definition) is 4. The van der Waals surface area contributed by atoms with Crippen molar-refractivity contribution in [3.63, 3.8) is 0 Å². The molecule has 0 aliphatic carbocycles. The highest BCUT2D eigenvalue weighted by Crippen LogP contribution is 2.09. The minimum atomic E-state index is -0.101. The van der Waals surface area contributed by atoms with Gasteiger partial charge in [-0.1, -0.05) is 6.92 Å². The molecule has 0 atom stereocenters. The number of carbonyl (C=O) groups is 1. The second-order valence-corrected chi connectivity index (χ2v) is 3.99. The smallest absolute Gasteiger partial charge is 0.252 e. The summed E-state index contributed by atoms with van der Waals surface area (Å²) < 4.78 is 0. The fourth-order valence-corrected chi connectivity index (χ4v) is 1.42. The lowest BCUT2D eigenvalue weighted by molar-refractivity contribution is 0.0953. The highest BCUT2D eigenvalue weighted by atomic mass is 16.1. The van der Waals surface area contributed by atoms with E-state index in [0.29, 0.717) is 25.1 Å². The maximum Gasteiger partial charge on any atom is 0.252 e. The predicted molar refractivity (Wildman–Crippen MR) is 70.4 cm³/mol. The number of rotatable bonds is 6. The SMILES string of the molecule is CCCNC(=O)c1ccc(N(C)CCC#N)nc1. The molecular formula is C13H18N4O. The lowest BCUT2D eigenvalue weighted by Gasteiger charge is -2.16. The van der Waals surface area contributed by atoms with E-state index in [2.05, 4.69) is 16.4 Å². The van der Waals surface area contributed by atoms with Crippen molar-refractivity contribution < 1.29 is 4.79 Å². The highest BCUT2D eigenvalue weighted by Gasteiger charge is 2.06. The third-order valence-electron chi connectivity index (χ3n) is 2.50. The van der Waals surface area contributed by atoms with Gasteiger partial charge in [-0.2, -0.15) is 5.26 Å². The Morgan fingerprint density at radius 2 is 2.33 bits per heavy atom. The fraction of sp³-hybridized carbons (Fsp3) is 0.462. The molecule has 1 N–H and O–H groups in total. The van der Waals surface area contributed by atoms with Gasteiger partial charge in [-0.05, 0) is 18.6 Å². The minimum Gasteiger partial charge on any atom is -0.359 e. The maximum absolute atomic E-state index is 11.6. The molecule has 1 rings (SSSR count). The molecular weight excluding hydrogens is 228 g/mol. The number of pyridine rings is 1. The van der Waals surface area contributed by atoms with Crippen molar-refractivity contribution in [2.45, 2.75) is 19.8 Å². The Balaban J connectivity index is 2.62. The molecule has 0 spiro atoms. The molecule has 5 nitrogen and oxygen atoms in total. The van der Waals surface area contributed by atoms with E-state index in [1.54, 1.807) is 18.3 Å². The molecule has 0 radical (unpaired) electrons. The lowest BCUT2D eigenvalue weighted by atomic mass is 10.2. The summed E-state index contributed by atoms with van der Waals surface area (Å²) in [6.07, 6.45) is 2.92. The molecule has 0 unspecified atom stereocenters. The van der Waals surface area contributed by atoms with Gasteiger partial charge in [0.05, 0.1) is 18.1 Å². The summed E-state index contributed by atoms with van der Waals surface area (Å²) in [6.45, 7) is 3.30. The van der Waals surface area contributed by atoms with Crippen molar-refractivity contribution in [3.8, 4) is 6.07 Å². The van der Waals surface area contributed by atoms with Gasteiger partial charge in [-0.25, -0.2) is 4.98 Å². The second-order valence-electron chi connectivity index (χ2n) is 3.99. The summed E-state index contributed by atoms with van der Waals surface area (Å²) in [4.78, 5) is 17.8. The topological polar surface area (TPSA) is 69.0 Å². The average molecular weight is 246 g/mol. The van der Waals surface area contributed by atoms with Crippen LogP contribution in [0.4, 0.5) is 5.82 Å². The van der Waals surface area contributed by atoms with Crippen molar-refractivity contribution in [2.75, 3.05) is 25.0 Å². The Morgan fingerprint density at radius 1 is 1.56 bits per heavy atom. The van der Waals surface area contributed by atoms with Crippen LogP contribution in [0.2, 0.25) is 0 Å². The number of nitriles is 1. The summed E-state index contributed by atoms with van der Waals surface area (Å²) in [7, 11) is 1.87. The zero-order chi connectivity index (χ0) is 13.4. The first kappa shape index (κ1) is 14.0. The van der Waals surface area contributed by atoms with Crippen LogP contribution in [-0.2, 0) is 0 Å². The lowest BCUT2D eigenvalue weighted by Crippen LogP contribution is -2.24. The predicted octanol–water partition coefficient (Wildman–Crippen LogP) is 1.57. The number of amides is 1. The zero-order valence-electron chi connectivity index (χ0n) is 10.8. The first-order chi connectivity index (χ1) is 8.69. The van der Waals surface area contributed by atoms with Crippen LogP contribution in [0.3, 0.4) is 0 Å². The average Bonchev–Trinajstić information content (AvgIpc) is 2.42. The molecule has 1 aromatic heterocycles. The number of aromatic nitrogens is 1. The molecule has 0 saturated carbocycles. The molecule has 0 bridgehead atoms. The van der Waals surface area contributed by atoms with Gasteiger partial charge in [0.25, 0.3) is 5.91 Å². The van der Waals surface area contributed by atoms with Gasteiger partial charge in [0.2, 0.25) is 0 Å². The molecule has 5 heteroatoms. The molecule has 1 aromatic rings. The molecule has 0 saturated heterocycles. The fourth-order valence-electron chi connectivity index (χ4n) is 1.42. The van der Waals surface area contributed by atoms with E-state index in [4.69, 9.17) is 5.26 Å². The third kappa shape index (κ3) is 4.06. The van der Waals surface area contributed by atoms with Crippen LogP contribution < -0.4 is 10.2 Å². The van der Waals surface area contributed by atoms with Crippen molar-refractivity contribution in [1.29, 1.82) is 5.26 Å². The van der Waals surface area contributed by atoms with Gasteiger partial charge in [0.1, 0.15) is 5.82 Å². The van der Waals surface area contributed by atoms with Gasteiger partial charge in [0.15, 0.2) is 0 Å². The molecule has 0 aliphatic heterocycles. The van der Waals surface area contributed by atoms with Crippen LogP contribution in [0.15, 0.2) is 18.3 Å². The summed E-state index contributed by atoms with van der Waals surface area (Å²) in [5, 5.41) is 11.3. The van der Waals surface area contributed by atoms with E-state index >= 15 is 0 Å². The second kappa shape index (κ2) is 7.28. The van der Waals surface area contributed by atoms with Gasteiger partial charge in [-0.3, -0.25) is 4.79 Å². The molecule has 0 aliphatic rings. The monoisotopic (exact) mass is 246 g/mol. The van der Waals surface area contributed by atoms with Crippen LogP contribution in [0, 0.1) is 11.3 Å². The molecule has 1 heterocycles. The summed E-state index contributed by atoms with van der Waals surface area (Å²) in [6, 6.07) is 5.62. The van der Waals surface area contributed by atoms with E-state index in [-0.39, 0.29) is 5.91 Å². The number of nitrogens with zero attached hydrogens (tertiary/aromatic N) is 3. The largest absolute Gasteiger partial charge is 0.359 e. The maximum atomic E-state index is 11.6. The Morgan fingerprint density at radius 3 is 2.89 bits per heavy atom. The molecule has 96 valence electrons. The van der Waals surface area contributed by atoms with Crippen molar-refractivity contribution >= 4 is 11.7 Å². The number of nitrogens with one attached hydrogen (secondary N) is 1. The Bertz CT molecular complexity index is 422. The highest BCUT2D eigenvalue weighted by molar-refractivity contribution is 5.94. The molecule has 0 fully saturated rings. The summed E-state index contributed by atoms with van der Waals surface area (Å²) in [5.41, 5.74) is 0.556. The van der Waals surface area contributed by atoms with E-state index in [1.807, 2.05) is 18.9 Å². The minimum absolute atomic E-state index is 0.101. The van der Waals surface area contributed by atoms with Gasteiger partial charge in [-0.15, -0.1) is 0 Å². The van der Waals surface area contributed by atoms with Crippen molar-refractivity contribution in [3.05, 3.63) is 23.9 Å². The van der Waals surface area contributed by atoms with Gasteiger partial charge < -0.3 is 10.2 Å². The first-order valence-electron chi connectivity index (χ1n) is 6.01. The summed E-state index contributed by atoms with van der Waals surface area (Å²) >= 11 is 0. The van der Waals surface area contributed by atoms with Crippen LogP contribution >= 0.6 is 0 Å². The van der Waals surface area contributed by atoms with Crippen molar-refractivity contribution in [1.82, 2.24) is 10.3 Å². The Labute approximate surface area is 107 Å². The van der Waals surface area contributed by atoms with E-state index in [0.717, 1.165) is 12.2 Å². The third-order valence-corrected chi connectivity index (χ3v) is 2.50. The van der Waals surface area contributed by atoms with Crippen LogP contribution in [0.25, 0.3) is 0 Å². The van der Waals surface area contributed by atoms with Crippen LogP contribution in [-0.4, -0.2) is 31.0 Å². The Kier molecular flexibility index (Phi) is 5.65. The van der Waals surface area contributed by atoms with Gasteiger partial charge in [0, 0.05) is 26.3 Å². The number of hydrogen-bond donors (Lipinski definition) is 1. The summed E-state index contributed by atoms with van der Waals surface area (Å²) in [5.74, 6) is 0.660. The van der Waals surface area contributed by atoms with Crippen LogP contribution in [0.5, 0.6) is 0 Å². The number of anilines is 1. The molecule has 1 amide bonds. The first-order valence-corrected chi connectivity index (χ1v) is 6.01. The van der Waals surface area contributed by atoms with E-state index < -0.39 is 0 Å². The molecule has 0 aromatic carbocycles. The van der Waals surface area contributed by atoms with E-state index in [1.165, 1.54) is 0 Å². The quantitative estimate of drug-likeness (QED) is 0.827. The van der Waals surface area contributed by atoms with Crippen LogP contribution in [0.1, 0.15) is 30.1 Å².